The van der Waals surface area contributed by atoms with Crippen LogP contribution in [0.3, 0.4) is 0 Å². The van der Waals surface area contributed by atoms with Crippen LogP contribution in [0.4, 0.5) is 0 Å². The first kappa shape index (κ1) is 15.2. The minimum Gasteiger partial charge on any atom is -0.490 e. The van der Waals surface area contributed by atoms with Crippen LogP contribution in [0.2, 0.25) is 0 Å². The standard InChI is InChI=1S/C20H22N2O2/c1-24-18-13-22(12-15-5-3-2-4-6-15)19(21-20(18)23)17-11-14-7-9-16(17)10-8-14/h2-6,11,13-14,16H,7-10,12H2,1H3/t14-,16+. The van der Waals surface area contributed by atoms with Gasteiger partial charge in [0.1, 0.15) is 5.82 Å². The first-order chi connectivity index (χ1) is 11.7. The maximum atomic E-state index is 12.2. The predicted molar refractivity (Wildman–Crippen MR) is 94.0 cm³/mol. The molecule has 2 bridgehead atoms. The van der Waals surface area contributed by atoms with Crippen molar-refractivity contribution in [2.45, 2.75) is 32.2 Å². The molecule has 1 fully saturated rings. The van der Waals surface area contributed by atoms with Crippen LogP contribution in [0.1, 0.15) is 37.1 Å². The van der Waals surface area contributed by atoms with Gasteiger partial charge < -0.3 is 9.30 Å². The highest BCUT2D eigenvalue weighted by Gasteiger charge is 2.31. The summed E-state index contributed by atoms with van der Waals surface area (Å²) in [4.78, 5) is 16.6. The summed E-state index contributed by atoms with van der Waals surface area (Å²) < 4.78 is 7.28. The van der Waals surface area contributed by atoms with Gasteiger partial charge in [-0.15, -0.1) is 0 Å². The molecule has 0 aliphatic heterocycles. The monoisotopic (exact) mass is 322 g/mol. The molecule has 4 nitrogen and oxygen atoms in total. The predicted octanol–water partition coefficient (Wildman–Crippen LogP) is 3.50. The molecule has 5 rings (SSSR count). The molecule has 0 atom stereocenters. The van der Waals surface area contributed by atoms with Crippen molar-refractivity contribution in [1.82, 2.24) is 9.55 Å². The Morgan fingerprint density at radius 1 is 1.17 bits per heavy atom. The summed E-state index contributed by atoms with van der Waals surface area (Å²) in [5.41, 5.74) is 2.17. The summed E-state index contributed by atoms with van der Waals surface area (Å²) in [6, 6.07) is 10.3. The fraction of sp³-hybridized carbons (Fsp3) is 0.400. The number of rotatable bonds is 4. The third-order valence-corrected chi connectivity index (χ3v) is 5.26. The van der Waals surface area contributed by atoms with E-state index in [1.165, 1.54) is 43.9 Å². The number of methoxy groups -OCH3 is 1. The third-order valence-electron chi connectivity index (χ3n) is 5.26. The van der Waals surface area contributed by atoms with E-state index >= 15 is 0 Å². The molecule has 0 unspecified atom stereocenters. The molecule has 1 saturated carbocycles. The summed E-state index contributed by atoms with van der Waals surface area (Å²) in [5.74, 6) is 2.31. The lowest BCUT2D eigenvalue weighted by Gasteiger charge is -2.35. The first-order valence-corrected chi connectivity index (χ1v) is 8.66. The topological polar surface area (TPSA) is 44.1 Å². The molecule has 0 radical (unpaired) electrons. The lowest BCUT2D eigenvalue weighted by molar-refractivity contribution is 0.337. The fourth-order valence-electron chi connectivity index (χ4n) is 3.99. The van der Waals surface area contributed by atoms with Crippen LogP contribution >= 0.6 is 0 Å². The van der Waals surface area contributed by atoms with Gasteiger partial charge in [-0.2, -0.15) is 4.98 Å². The quantitative estimate of drug-likeness (QED) is 0.865. The van der Waals surface area contributed by atoms with Gasteiger partial charge in [0.05, 0.1) is 13.3 Å². The van der Waals surface area contributed by atoms with E-state index in [1.807, 2.05) is 18.2 Å². The van der Waals surface area contributed by atoms with Gasteiger partial charge in [0, 0.05) is 6.54 Å². The number of hydrogen-bond donors (Lipinski definition) is 0. The molecule has 3 aliphatic rings. The SMILES string of the molecule is COc1cn(Cc2ccccc2)c(C2=C[C@H]3CC[C@@H]2CC3)nc1=O. The van der Waals surface area contributed by atoms with E-state index in [0.717, 1.165) is 5.82 Å². The Balaban J connectivity index is 1.80. The highest BCUT2D eigenvalue weighted by Crippen LogP contribution is 2.44. The summed E-state index contributed by atoms with van der Waals surface area (Å²) >= 11 is 0. The summed E-state index contributed by atoms with van der Waals surface area (Å²) in [5, 5.41) is 0. The molecule has 3 aliphatic carbocycles. The molecular formula is C20H22N2O2. The number of allylic oxidation sites excluding steroid dienone is 2. The second-order valence-electron chi connectivity index (χ2n) is 6.79. The van der Waals surface area contributed by atoms with Crippen molar-refractivity contribution in [1.29, 1.82) is 0 Å². The Kier molecular flexibility index (Phi) is 3.97. The Morgan fingerprint density at radius 2 is 1.92 bits per heavy atom. The summed E-state index contributed by atoms with van der Waals surface area (Å²) in [7, 11) is 1.52. The molecule has 0 amide bonds. The largest absolute Gasteiger partial charge is 0.490 e. The molecule has 2 aromatic rings. The second-order valence-corrected chi connectivity index (χ2v) is 6.79. The van der Waals surface area contributed by atoms with Crippen LogP contribution in [-0.4, -0.2) is 16.7 Å². The van der Waals surface area contributed by atoms with E-state index in [0.29, 0.717) is 24.1 Å². The van der Waals surface area contributed by atoms with Crippen LogP contribution in [0.25, 0.3) is 5.57 Å². The van der Waals surface area contributed by atoms with Gasteiger partial charge in [-0.25, -0.2) is 0 Å². The zero-order valence-electron chi connectivity index (χ0n) is 13.9. The van der Waals surface area contributed by atoms with E-state index in [9.17, 15) is 4.79 Å². The number of benzene rings is 1. The van der Waals surface area contributed by atoms with Gasteiger partial charge in [-0.05, 0) is 48.7 Å². The lowest BCUT2D eigenvalue weighted by Crippen LogP contribution is -2.26. The van der Waals surface area contributed by atoms with Crippen molar-refractivity contribution < 1.29 is 4.74 Å². The minimum atomic E-state index is -0.279. The Labute approximate surface area is 141 Å². The normalized spacial score (nSPS) is 22.3. The molecule has 1 aromatic carbocycles. The average Bonchev–Trinajstić information content (AvgIpc) is 2.64. The van der Waals surface area contributed by atoms with Gasteiger partial charge >= 0.3 is 5.56 Å². The van der Waals surface area contributed by atoms with E-state index in [1.54, 1.807) is 6.20 Å². The maximum Gasteiger partial charge on any atom is 0.315 e. The third kappa shape index (κ3) is 2.77. The second kappa shape index (κ2) is 6.27. The highest BCUT2D eigenvalue weighted by molar-refractivity contribution is 5.64. The number of fused-ring (bicyclic) bond motifs is 2. The maximum absolute atomic E-state index is 12.2. The molecule has 0 spiro atoms. The summed E-state index contributed by atoms with van der Waals surface area (Å²) in [6.07, 6.45) is 9.13. The number of aromatic nitrogens is 2. The van der Waals surface area contributed by atoms with E-state index < -0.39 is 0 Å². The van der Waals surface area contributed by atoms with Crippen molar-refractivity contribution in [3.8, 4) is 5.75 Å². The van der Waals surface area contributed by atoms with Gasteiger partial charge in [-0.3, -0.25) is 4.79 Å². The highest BCUT2D eigenvalue weighted by atomic mass is 16.5. The average molecular weight is 322 g/mol. The number of hydrogen-bond acceptors (Lipinski definition) is 3. The lowest BCUT2D eigenvalue weighted by atomic mass is 9.71. The van der Waals surface area contributed by atoms with E-state index in [4.69, 9.17) is 4.74 Å². The Bertz CT molecular complexity index is 815. The van der Waals surface area contributed by atoms with Crippen molar-refractivity contribution in [3.05, 3.63) is 64.3 Å². The van der Waals surface area contributed by atoms with Gasteiger partial charge in [0.2, 0.25) is 5.75 Å². The molecule has 4 heteroatoms. The van der Waals surface area contributed by atoms with Crippen LogP contribution < -0.4 is 10.3 Å². The molecule has 1 aromatic heterocycles. The van der Waals surface area contributed by atoms with Gasteiger partial charge in [0.15, 0.2) is 0 Å². The van der Waals surface area contributed by atoms with Crippen LogP contribution in [0, 0.1) is 11.8 Å². The minimum absolute atomic E-state index is 0.279. The Morgan fingerprint density at radius 3 is 2.54 bits per heavy atom. The van der Waals surface area contributed by atoms with Gasteiger partial charge in [-0.1, -0.05) is 36.4 Å². The van der Waals surface area contributed by atoms with E-state index in [2.05, 4.69) is 27.8 Å². The zero-order chi connectivity index (χ0) is 16.5. The van der Waals surface area contributed by atoms with Crippen LogP contribution in [-0.2, 0) is 6.54 Å². The molecule has 0 N–H and O–H groups in total. The van der Waals surface area contributed by atoms with E-state index in [-0.39, 0.29) is 5.56 Å². The molecule has 1 heterocycles. The molecule has 124 valence electrons. The number of ether oxygens (including phenoxy) is 1. The Hall–Kier alpha value is -2.36. The number of nitrogens with zero attached hydrogens (tertiary/aromatic N) is 2. The smallest absolute Gasteiger partial charge is 0.315 e. The van der Waals surface area contributed by atoms with Crippen molar-refractivity contribution in [3.63, 3.8) is 0 Å². The van der Waals surface area contributed by atoms with Crippen LogP contribution in [0.15, 0.2) is 47.4 Å². The molecular weight excluding hydrogens is 300 g/mol. The molecule has 0 saturated heterocycles. The summed E-state index contributed by atoms with van der Waals surface area (Å²) in [6.45, 7) is 0.689. The zero-order valence-corrected chi connectivity index (χ0v) is 13.9. The fourth-order valence-corrected chi connectivity index (χ4v) is 3.99. The van der Waals surface area contributed by atoms with Crippen molar-refractivity contribution in [2.75, 3.05) is 7.11 Å². The van der Waals surface area contributed by atoms with Crippen LogP contribution in [0.5, 0.6) is 5.75 Å². The van der Waals surface area contributed by atoms with Crippen molar-refractivity contribution >= 4 is 5.57 Å². The first-order valence-electron chi connectivity index (χ1n) is 8.66. The van der Waals surface area contributed by atoms with Gasteiger partial charge in [0.25, 0.3) is 0 Å². The molecule has 24 heavy (non-hydrogen) atoms. The van der Waals surface area contributed by atoms with Crippen molar-refractivity contribution in [2.24, 2.45) is 11.8 Å².